The fourth-order valence-corrected chi connectivity index (χ4v) is 4.17. The van der Waals surface area contributed by atoms with E-state index >= 15 is 0 Å². The third-order valence-electron chi connectivity index (χ3n) is 5.74. The van der Waals surface area contributed by atoms with E-state index in [1.165, 1.54) is 10.5 Å². The number of nitrogens with zero attached hydrogens (tertiary/aromatic N) is 1. The SMILES string of the molecule is COc1ccc(C(=O)NC2CC2)c(OC2CCN(Cc3ccc(SC)cc3)CC2)c1. The molecule has 0 spiro atoms. The Bertz CT molecular complexity index is 859. The van der Waals surface area contributed by atoms with Gasteiger partial charge in [0.2, 0.25) is 0 Å². The van der Waals surface area contributed by atoms with Gasteiger partial charge in [0, 0.05) is 36.6 Å². The second-order valence-corrected chi connectivity index (χ2v) is 8.93. The molecule has 1 aliphatic heterocycles. The molecule has 2 fully saturated rings. The third kappa shape index (κ3) is 5.49. The quantitative estimate of drug-likeness (QED) is 0.636. The zero-order valence-corrected chi connectivity index (χ0v) is 18.5. The summed E-state index contributed by atoms with van der Waals surface area (Å²) >= 11 is 1.77. The molecule has 0 unspecified atom stereocenters. The van der Waals surface area contributed by atoms with Gasteiger partial charge in [-0.05, 0) is 61.8 Å². The van der Waals surface area contributed by atoms with Crippen molar-refractivity contribution in [3.63, 3.8) is 0 Å². The summed E-state index contributed by atoms with van der Waals surface area (Å²) in [7, 11) is 1.63. The number of carbonyl (C=O) groups excluding carboxylic acids is 1. The van der Waals surface area contributed by atoms with Crippen molar-refractivity contribution in [2.45, 2.75) is 49.3 Å². The lowest BCUT2D eigenvalue weighted by molar-refractivity contribution is 0.0889. The van der Waals surface area contributed by atoms with Crippen LogP contribution >= 0.6 is 11.8 Å². The lowest BCUT2D eigenvalue weighted by Gasteiger charge is -2.32. The molecule has 2 aliphatic rings. The maximum Gasteiger partial charge on any atom is 0.255 e. The fraction of sp³-hybridized carbons (Fsp3) is 0.458. The monoisotopic (exact) mass is 426 g/mol. The highest BCUT2D eigenvalue weighted by Gasteiger charge is 2.27. The van der Waals surface area contributed by atoms with Crippen LogP contribution in [0.1, 0.15) is 41.6 Å². The van der Waals surface area contributed by atoms with E-state index in [1.807, 2.05) is 12.1 Å². The van der Waals surface area contributed by atoms with Crippen LogP contribution in [0.4, 0.5) is 0 Å². The minimum atomic E-state index is -0.0544. The number of likely N-dealkylation sites (tertiary alicyclic amines) is 1. The molecule has 1 saturated heterocycles. The van der Waals surface area contributed by atoms with Gasteiger partial charge in [0.05, 0.1) is 12.7 Å². The molecule has 1 saturated carbocycles. The first kappa shape index (κ1) is 21.1. The molecule has 4 rings (SSSR count). The number of hydrogen-bond acceptors (Lipinski definition) is 5. The van der Waals surface area contributed by atoms with Crippen molar-refractivity contribution in [3.8, 4) is 11.5 Å². The van der Waals surface area contributed by atoms with Gasteiger partial charge in [-0.2, -0.15) is 0 Å². The summed E-state index contributed by atoms with van der Waals surface area (Å²) in [5, 5.41) is 3.06. The molecule has 0 atom stereocenters. The molecule has 5 nitrogen and oxygen atoms in total. The average Bonchev–Trinajstić information content (AvgIpc) is 3.59. The molecule has 1 amide bonds. The number of carbonyl (C=O) groups is 1. The number of thioether (sulfide) groups is 1. The van der Waals surface area contributed by atoms with E-state index in [2.05, 4.69) is 40.7 Å². The smallest absolute Gasteiger partial charge is 0.255 e. The molecule has 160 valence electrons. The summed E-state index contributed by atoms with van der Waals surface area (Å²) in [6, 6.07) is 14.6. The number of methoxy groups -OCH3 is 1. The van der Waals surface area contributed by atoms with Crippen molar-refractivity contribution in [2.24, 2.45) is 0 Å². The van der Waals surface area contributed by atoms with Crippen molar-refractivity contribution < 1.29 is 14.3 Å². The second-order valence-electron chi connectivity index (χ2n) is 8.05. The van der Waals surface area contributed by atoms with Gasteiger partial charge in [0.25, 0.3) is 5.91 Å². The van der Waals surface area contributed by atoms with Gasteiger partial charge in [-0.25, -0.2) is 0 Å². The van der Waals surface area contributed by atoms with Crippen molar-refractivity contribution in [3.05, 3.63) is 53.6 Å². The standard InChI is InChI=1S/C24H30N2O3S/c1-28-20-7-10-22(24(27)25-18-5-6-18)23(15-20)29-19-11-13-26(14-12-19)16-17-3-8-21(30-2)9-4-17/h3-4,7-10,15,18-19H,5-6,11-14,16H2,1-2H3,(H,25,27). The summed E-state index contributed by atoms with van der Waals surface area (Å²) in [6.07, 6.45) is 6.24. The maximum absolute atomic E-state index is 12.6. The van der Waals surface area contributed by atoms with E-state index in [4.69, 9.17) is 9.47 Å². The van der Waals surface area contributed by atoms with E-state index in [9.17, 15) is 4.79 Å². The first-order chi connectivity index (χ1) is 14.6. The Morgan fingerprint density at radius 3 is 2.47 bits per heavy atom. The molecule has 1 aliphatic carbocycles. The lowest BCUT2D eigenvalue weighted by atomic mass is 10.1. The minimum absolute atomic E-state index is 0.0544. The second kappa shape index (κ2) is 9.75. The van der Waals surface area contributed by atoms with Crippen LogP contribution in [-0.4, -0.2) is 49.4 Å². The predicted molar refractivity (Wildman–Crippen MR) is 121 cm³/mol. The maximum atomic E-state index is 12.6. The van der Waals surface area contributed by atoms with Gasteiger partial charge in [0.1, 0.15) is 17.6 Å². The molecule has 2 aromatic carbocycles. The highest BCUT2D eigenvalue weighted by molar-refractivity contribution is 7.98. The molecule has 0 aromatic heterocycles. The molecular weight excluding hydrogens is 396 g/mol. The van der Waals surface area contributed by atoms with E-state index in [0.29, 0.717) is 23.1 Å². The highest BCUT2D eigenvalue weighted by atomic mass is 32.2. The number of rotatable bonds is 8. The Morgan fingerprint density at radius 1 is 1.10 bits per heavy atom. The molecule has 30 heavy (non-hydrogen) atoms. The number of amides is 1. The third-order valence-corrected chi connectivity index (χ3v) is 6.48. The molecule has 0 bridgehead atoms. The molecule has 1 heterocycles. The van der Waals surface area contributed by atoms with E-state index in [0.717, 1.165) is 45.3 Å². The number of ether oxygens (including phenoxy) is 2. The van der Waals surface area contributed by atoms with Crippen LogP contribution in [0.2, 0.25) is 0 Å². The Labute approximate surface area is 183 Å². The van der Waals surface area contributed by atoms with E-state index < -0.39 is 0 Å². The highest BCUT2D eigenvalue weighted by Crippen LogP contribution is 2.29. The Morgan fingerprint density at radius 2 is 1.83 bits per heavy atom. The molecule has 0 radical (unpaired) electrons. The van der Waals surface area contributed by atoms with Gasteiger partial charge >= 0.3 is 0 Å². The minimum Gasteiger partial charge on any atom is -0.497 e. The molecule has 2 aromatic rings. The van der Waals surface area contributed by atoms with Crippen LogP contribution < -0.4 is 14.8 Å². The van der Waals surface area contributed by atoms with Gasteiger partial charge < -0.3 is 14.8 Å². The number of hydrogen-bond donors (Lipinski definition) is 1. The van der Waals surface area contributed by atoms with Crippen molar-refractivity contribution in [1.82, 2.24) is 10.2 Å². The van der Waals surface area contributed by atoms with Crippen LogP contribution in [0.5, 0.6) is 11.5 Å². The summed E-state index contributed by atoms with van der Waals surface area (Å²) in [6.45, 7) is 2.95. The van der Waals surface area contributed by atoms with Gasteiger partial charge in [-0.15, -0.1) is 11.8 Å². The predicted octanol–water partition coefficient (Wildman–Crippen LogP) is 4.35. The van der Waals surface area contributed by atoms with Crippen molar-refractivity contribution >= 4 is 17.7 Å². The molecular formula is C24H30N2O3S. The number of piperidine rings is 1. The Hall–Kier alpha value is -2.18. The van der Waals surface area contributed by atoms with Gasteiger partial charge in [0.15, 0.2) is 0 Å². The normalized spacial score (nSPS) is 17.5. The number of benzene rings is 2. The lowest BCUT2D eigenvalue weighted by Crippen LogP contribution is -2.38. The van der Waals surface area contributed by atoms with Gasteiger partial charge in [-0.3, -0.25) is 9.69 Å². The fourth-order valence-electron chi connectivity index (χ4n) is 3.76. The van der Waals surface area contributed by atoms with Gasteiger partial charge in [-0.1, -0.05) is 12.1 Å². The first-order valence-corrected chi connectivity index (χ1v) is 11.9. The molecule has 1 N–H and O–H groups in total. The largest absolute Gasteiger partial charge is 0.497 e. The topological polar surface area (TPSA) is 50.8 Å². The van der Waals surface area contributed by atoms with E-state index in [-0.39, 0.29) is 12.0 Å². The Kier molecular flexibility index (Phi) is 6.85. The summed E-state index contributed by atoms with van der Waals surface area (Å²) in [5.74, 6) is 1.28. The zero-order chi connectivity index (χ0) is 20.9. The molecule has 6 heteroatoms. The van der Waals surface area contributed by atoms with Crippen molar-refractivity contribution in [1.29, 1.82) is 0 Å². The average molecular weight is 427 g/mol. The van der Waals surface area contributed by atoms with Crippen LogP contribution in [0.25, 0.3) is 0 Å². The van der Waals surface area contributed by atoms with Crippen LogP contribution in [0, 0.1) is 0 Å². The van der Waals surface area contributed by atoms with Crippen LogP contribution in [-0.2, 0) is 6.54 Å². The summed E-state index contributed by atoms with van der Waals surface area (Å²) < 4.78 is 11.7. The summed E-state index contributed by atoms with van der Waals surface area (Å²) in [4.78, 5) is 16.4. The van der Waals surface area contributed by atoms with E-state index in [1.54, 1.807) is 24.9 Å². The van der Waals surface area contributed by atoms with Crippen LogP contribution in [0.15, 0.2) is 47.4 Å². The van der Waals surface area contributed by atoms with Crippen LogP contribution in [0.3, 0.4) is 0 Å². The number of nitrogens with one attached hydrogen (secondary N) is 1. The Balaban J connectivity index is 1.35. The zero-order valence-electron chi connectivity index (χ0n) is 17.7. The van der Waals surface area contributed by atoms with Crippen molar-refractivity contribution in [2.75, 3.05) is 26.5 Å². The summed E-state index contributed by atoms with van der Waals surface area (Å²) in [5.41, 5.74) is 1.94. The first-order valence-electron chi connectivity index (χ1n) is 10.7.